The second-order valence-corrected chi connectivity index (χ2v) is 5.49. The van der Waals surface area contributed by atoms with E-state index in [1.54, 1.807) is 6.07 Å². The molecule has 0 heterocycles. The Morgan fingerprint density at radius 1 is 0.783 bits per heavy atom. The van der Waals surface area contributed by atoms with Crippen LogP contribution in [0.25, 0.3) is 0 Å². The van der Waals surface area contributed by atoms with E-state index in [1.165, 1.54) is 0 Å². The molecule has 0 bridgehead atoms. The molecule has 0 atom stereocenters. The van der Waals surface area contributed by atoms with Crippen molar-refractivity contribution in [3.8, 4) is 17.2 Å². The minimum absolute atomic E-state index is 0.0852. The van der Waals surface area contributed by atoms with E-state index in [0.29, 0.717) is 49.1 Å². The minimum Gasteiger partial charge on any atom is -0.490 e. The highest BCUT2D eigenvalue weighted by molar-refractivity contribution is 5.99. The molecule has 0 saturated carbocycles. The molecule has 1 aromatic carbocycles. The maximum atomic E-state index is 12.4. The van der Waals surface area contributed by atoms with Gasteiger partial charge in [-0.1, -0.05) is 27.7 Å². The van der Waals surface area contributed by atoms with Crippen LogP contribution in [0.15, 0.2) is 12.1 Å². The Kier molecular flexibility index (Phi) is 9.18. The molecular weight excluding hydrogens is 292 g/mol. The molecule has 1 rings (SSSR count). The van der Waals surface area contributed by atoms with Gasteiger partial charge in [0.25, 0.3) is 0 Å². The van der Waals surface area contributed by atoms with Gasteiger partial charge >= 0.3 is 0 Å². The molecule has 23 heavy (non-hydrogen) atoms. The molecule has 0 radical (unpaired) electrons. The summed E-state index contributed by atoms with van der Waals surface area (Å²) in [5, 5.41) is 0. The van der Waals surface area contributed by atoms with Gasteiger partial charge in [-0.2, -0.15) is 0 Å². The maximum Gasteiger partial charge on any atom is 0.204 e. The number of carbonyl (C=O) groups is 1. The van der Waals surface area contributed by atoms with Gasteiger partial charge in [0.2, 0.25) is 5.75 Å². The number of hydrogen-bond donors (Lipinski definition) is 0. The summed E-state index contributed by atoms with van der Waals surface area (Å²) in [6.45, 7) is 9.86. The van der Waals surface area contributed by atoms with Crippen LogP contribution in [0.3, 0.4) is 0 Å². The van der Waals surface area contributed by atoms with Crippen molar-refractivity contribution in [1.29, 1.82) is 0 Å². The van der Waals surface area contributed by atoms with E-state index in [1.807, 2.05) is 26.8 Å². The molecule has 0 aliphatic carbocycles. The fourth-order valence-corrected chi connectivity index (χ4v) is 2.14. The summed E-state index contributed by atoms with van der Waals surface area (Å²) in [5.41, 5.74) is 0.593. The van der Waals surface area contributed by atoms with E-state index < -0.39 is 0 Å². The molecule has 0 fully saturated rings. The number of benzene rings is 1. The Labute approximate surface area is 140 Å². The van der Waals surface area contributed by atoms with Gasteiger partial charge < -0.3 is 14.2 Å². The quantitative estimate of drug-likeness (QED) is 0.506. The third-order valence-corrected chi connectivity index (χ3v) is 3.22. The summed E-state index contributed by atoms with van der Waals surface area (Å²) < 4.78 is 17.5. The van der Waals surface area contributed by atoms with E-state index >= 15 is 0 Å². The molecular formula is C19H30O4. The first-order valence-electron chi connectivity index (χ1n) is 8.78. The Morgan fingerprint density at radius 2 is 1.35 bits per heavy atom. The highest BCUT2D eigenvalue weighted by Crippen LogP contribution is 2.41. The SMILES string of the molecule is CCCOc1ccc(C(=O)CCC)c(OCCC)c1OCCC. The maximum absolute atomic E-state index is 12.4. The summed E-state index contributed by atoms with van der Waals surface area (Å²) >= 11 is 0. The molecule has 0 N–H and O–H groups in total. The lowest BCUT2D eigenvalue weighted by Crippen LogP contribution is -2.09. The van der Waals surface area contributed by atoms with E-state index in [0.717, 1.165) is 25.7 Å². The molecule has 130 valence electrons. The van der Waals surface area contributed by atoms with Crippen molar-refractivity contribution in [2.75, 3.05) is 19.8 Å². The zero-order valence-electron chi connectivity index (χ0n) is 14.9. The molecule has 0 unspecified atom stereocenters. The lowest BCUT2D eigenvalue weighted by molar-refractivity contribution is 0.0976. The molecule has 0 aliphatic heterocycles. The van der Waals surface area contributed by atoms with Gasteiger partial charge in [0, 0.05) is 6.42 Å². The van der Waals surface area contributed by atoms with Crippen LogP contribution in [0.4, 0.5) is 0 Å². The van der Waals surface area contributed by atoms with Gasteiger partial charge in [-0.05, 0) is 37.8 Å². The number of ketones is 1. The van der Waals surface area contributed by atoms with Crippen molar-refractivity contribution < 1.29 is 19.0 Å². The van der Waals surface area contributed by atoms with E-state index in [2.05, 4.69) is 6.92 Å². The van der Waals surface area contributed by atoms with Crippen molar-refractivity contribution >= 4 is 5.78 Å². The minimum atomic E-state index is 0.0852. The Hall–Kier alpha value is -1.71. The topological polar surface area (TPSA) is 44.8 Å². The number of hydrogen-bond acceptors (Lipinski definition) is 4. The second kappa shape index (κ2) is 10.9. The molecule has 0 aliphatic rings. The molecule has 0 amide bonds. The summed E-state index contributed by atoms with van der Waals surface area (Å²) in [4.78, 5) is 12.4. The van der Waals surface area contributed by atoms with Crippen LogP contribution in [0.1, 0.15) is 70.2 Å². The van der Waals surface area contributed by atoms with Crippen molar-refractivity contribution in [3.05, 3.63) is 17.7 Å². The van der Waals surface area contributed by atoms with Gasteiger partial charge in [-0.3, -0.25) is 4.79 Å². The number of ether oxygens (including phenoxy) is 3. The van der Waals surface area contributed by atoms with E-state index in [-0.39, 0.29) is 5.78 Å². The Bertz CT molecular complexity index is 483. The lowest BCUT2D eigenvalue weighted by Gasteiger charge is -2.19. The first-order valence-corrected chi connectivity index (χ1v) is 8.78. The average molecular weight is 322 g/mol. The van der Waals surface area contributed by atoms with Gasteiger partial charge in [0.05, 0.1) is 25.4 Å². The molecule has 1 aromatic rings. The summed E-state index contributed by atoms with van der Waals surface area (Å²) in [5.74, 6) is 1.84. The fourth-order valence-electron chi connectivity index (χ4n) is 2.14. The average Bonchev–Trinajstić information content (AvgIpc) is 2.56. The van der Waals surface area contributed by atoms with Crippen molar-refractivity contribution in [1.82, 2.24) is 0 Å². The van der Waals surface area contributed by atoms with Crippen LogP contribution < -0.4 is 14.2 Å². The van der Waals surface area contributed by atoms with Crippen LogP contribution in [-0.2, 0) is 0 Å². The second-order valence-electron chi connectivity index (χ2n) is 5.49. The van der Waals surface area contributed by atoms with Crippen LogP contribution in [0.5, 0.6) is 17.2 Å². The first-order chi connectivity index (χ1) is 11.2. The number of carbonyl (C=O) groups excluding carboxylic acids is 1. The first kappa shape index (κ1) is 19.3. The zero-order valence-corrected chi connectivity index (χ0v) is 14.9. The van der Waals surface area contributed by atoms with Crippen LogP contribution in [0.2, 0.25) is 0 Å². The highest BCUT2D eigenvalue weighted by Gasteiger charge is 2.21. The van der Waals surface area contributed by atoms with E-state index in [4.69, 9.17) is 14.2 Å². The summed E-state index contributed by atoms with van der Waals surface area (Å²) in [6, 6.07) is 3.62. The number of rotatable bonds is 12. The largest absolute Gasteiger partial charge is 0.490 e. The lowest BCUT2D eigenvalue weighted by atomic mass is 10.0. The normalized spacial score (nSPS) is 10.4. The predicted octanol–water partition coefficient (Wildman–Crippen LogP) is 5.04. The summed E-state index contributed by atoms with van der Waals surface area (Å²) in [6.07, 6.45) is 3.98. The van der Waals surface area contributed by atoms with Crippen LogP contribution in [-0.4, -0.2) is 25.6 Å². The predicted molar refractivity (Wildman–Crippen MR) is 93.0 cm³/mol. The smallest absolute Gasteiger partial charge is 0.204 e. The monoisotopic (exact) mass is 322 g/mol. The third kappa shape index (κ3) is 5.77. The van der Waals surface area contributed by atoms with Crippen molar-refractivity contribution in [2.45, 2.75) is 59.8 Å². The Balaban J connectivity index is 3.26. The van der Waals surface area contributed by atoms with Gasteiger partial charge in [-0.25, -0.2) is 0 Å². The van der Waals surface area contributed by atoms with Gasteiger partial charge in [0.1, 0.15) is 0 Å². The van der Waals surface area contributed by atoms with E-state index in [9.17, 15) is 4.79 Å². The Morgan fingerprint density at radius 3 is 1.91 bits per heavy atom. The molecule has 4 nitrogen and oxygen atoms in total. The summed E-state index contributed by atoms with van der Waals surface area (Å²) in [7, 11) is 0. The number of Topliss-reactive ketones (excluding diaryl/α,β-unsaturated/α-hetero) is 1. The molecule has 0 aromatic heterocycles. The zero-order chi connectivity index (χ0) is 17.1. The van der Waals surface area contributed by atoms with Crippen LogP contribution in [0, 0.1) is 0 Å². The molecule has 0 saturated heterocycles. The fraction of sp³-hybridized carbons (Fsp3) is 0.632. The molecule has 4 heteroatoms. The van der Waals surface area contributed by atoms with Crippen molar-refractivity contribution in [2.24, 2.45) is 0 Å². The van der Waals surface area contributed by atoms with Crippen LogP contribution >= 0.6 is 0 Å². The van der Waals surface area contributed by atoms with Crippen molar-refractivity contribution in [3.63, 3.8) is 0 Å². The highest BCUT2D eigenvalue weighted by atomic mass is 16.5. The van der Waals surface area contributed by atoms with Gasteiger partial charge in [0.15, 0.2) is 17.3 Å². The standard InChI is InChI=1S/C19H30O4/c1-5-9-16(20)15-10-11-17(21-12-6-2)19(23-14-8-4)18(15)22-13-7-3/h10-11H,5-9,12-14H2,1-4H3. The third-order valence-electron chi connectivity index (χ3n) is 3.22. The van der Waals surface area contributed by atoms with Gasteiger partial charge in [-0.15, -0.1) is 0 Å². The molecule has 0 spiro atoms.